The van der Waals surface area contributed by atoms with Gasteiger partial charge in [-0.3, -0.25) is 0 Å². The Morgan fingerprint density at radius 1 is 1.47 bits per heavy atom. The minimum atomic E-state index is -3.80. The molecule has 0 amide bonds. The van der Waals surface area contributed by atoms with Crippen molar-refractivity contribution in [2.45, 2.75) is 4.90 Å². The van der Waals surface area contributed by atoms with Gasteiger partial charge in [-0.25, -0.2) is 17.5 Å². The lowest BCUT2D eigenvalue weighted by atomic mass is 10.3. The molecule has 3 N–H and O–H groups in total. The third kappa shape index (κ3) is 3.23. The van der Waals surface area contributed by atoms with Gasteiger partial charge in [-0.2, -0.15) is 0 Å². The molecule has 0 saturated carbocycles. The lowest BCUT2D eigenvalue weighted by Crippen LogP contribution is -2.29. The molecule has 0 bridgehead atoms. The summed E-state index contributed by atoms with van der Waals surface area (Å²) in [5.74, 6) is -0.797. The first kappa shape index (κ1) is 12.6. The molecule has 1 aromatic carbocycles. The van der Waals surface area contributed by atoms with E-state index in [9.17, 15) is 12.8 Å². The monoisotopic (exact) mass is 296 g/mol. The Bertz CT molecular complexity index is 450. The largest absolute Gasteiger partial charge is 0.329 e. The number of halogens is 2. The van der Waals surface area contributed by atoms with E-state index in [1.54, 1.807) is 0 Å². The predicted octanol–water partition coefficient (Wildman–Crippen LogP) is 0.825. The van der Waals surface area contributed by atoms with Crippen molar-refractivity contribution in [3.8, 4) is 0 Å². The van der Waals surface area contributed by atoms with Gasteiger partial charge in [-0.1, -0.05) is 15.9 Å². The number of nitrogens with two attached hydrogens (primary N) is 1. The Morgan fingerprint density at radius 2 is 2.13 bits per heavy atom. The smallest absolute Gasteiger partial charge is 0.243 e. The van der Waals surface area contributed by atoms with Crippen molar-refractivity contribution in [3.63, 3.8) is 0 Å². The zero-order valence-electron chi connectivity index (χ0n) is 7.70. The predicted molar refractivity (Wildman–Crippen MR) is 58.3 cm³/mol. The highest BCUT2D eigenvalue weighted by molar-refractivity contribution is 9.10. The van der Waals surface area contributed by atoms with Crippen LogP contribution in [0.5, 0.6) is 0 Å². The molecule has 84 valence electrons. The fraction of sp³-hybridized carbons (Fsp3) is 0.250. The number of nitrogens with one attached hydrogen (secondary N) is 1. The SMILES string of the molecule is NCCNS(=O)(=O)c1ccc(Br)cc1F. The molecule has 0 unspecified atom stereocenters. The fourth-order valence-electron chi connectivity index (χ4n) is 0.964. The Balaban J connectivity index is 3.05. The van der Waals surface area contributed by atoms with Gasteiger partial charge < -0.3 is 5.73 Å². The Hall–Kier alpha value is -0.500. The van der Waals surface area contributed by atoms with Crippen LogP contribution < -0.4 is 10.5 Å². The topological polar surface area (TPSA) is 72.2 Å². The zero-order valence-corrected chi connectivity index (χ0v) is 10.1. The Morgan fingerprint density at radius 3 is 2.67 bits per heavy atom. The maximum Gasteiger partial charge on any atom is 0.243 e. The number of hydrogen-bond donors (Lipinski definition) is 2. The first-order valence-corrected chi connectivity index (χ1v) is 6.40. The van der Waals surface area contributed by atoms with Crippen LogP contribution in [0.25, 0.3) is 0 Å². The van der Waals surface area contributed by atoms with Gasteiger partial charge in [0.2, 0.25) is 10.0 Å². The second-order valence-corrected chi connectivity index (χ2v) is 5.41. The quantitative estimate of drug-likeness (QED) is 0.864. The zero-order chi connectivity index (χ0) is 11.5. The highest BCUT2D eigenvalue weighted by atomic mass is 79.9. The van der Waals surface area contributed by atoms with Crippen LogP contribution in [0, 0.1) is 5.82 Å². The molecule has 7 heteroatoms. The summed E-state index contributed by atoms with van der Waals surface area (Å²) in [6.45, 7) is 0.245. The second kappa shape index (κ2) is 5.02. The maximum absolute atomic E-state index is 13.3. The molecule has 0 aromatic heterocycles. The maximum atomic E-state index is 13.3. The van der Waals surface area contributed by atoms with Crippen LogP contribution in [0.2, 0.25) is 0 Å². The molecule has 0 saturated heterocycles. The van der Waals surface area contributed by atoms with E-state index in [4.69, 9.17) is 5.73 Å². The van der Waals surface area contributed by atoms with Crippen molar-refractivity contribution in [2.75, 3.05) is 13.1 Å². The molecule has 4 nitrogen and oxygen atoms in total. The van der Waals surface area contributed by atoms with Gasteiger partial charge in [-0.05, 0) is 18.2 Å². The van der Waals surface area contributed by atoms with E-state index < -0.39 is 15.8 Å². The van der Waals surface area contributed by atoms with Crippen LogP contribution in [0.3, 0.4) is 0 Å². The number of hydrogen-bond acceptors (Lipinski definition) is 3. The van der Waals surface area contributed by atoms with Crippen molar-refractivity contribution in [1.82, 2.24) is 4.72 Å². The Labute approximate surface area is 95.8 Å². The number of rotatable bonds is 4. The van der Waals surface area contributed by atoms with Gasteiger partial charge in [0.05, 0.1) is 0 Å². The molecular weight excluding hydrogens is 287 g/mol. The summed E-state index contributed by atoms with van der Waals surface area (Å²) in [6, 6.07) is 3.75. The average molecular weight is 297 g/mol. The highest BCUT2D eigenvalue weighted by Gasteiger charge is 2.17. The standard InChI is InChI=1S/C8H10BrFN2O2S/c9-6-1-2-8(7(10)5-6)15(13,14)12-4-3-11/h1-2,5,12H,3-4,11H2. The van der Waals surface area contributed by atoms with Crippen LogP contribution in [-0.2, 0) is 10.0 Å². The van der Waals surface area contributed by atoms with E-state index in [0.29, 0.717) is 4.47 Å². The summed E-state index contributed by atoms with van der Waals surface area (Å²) in [5, 5.41) is 0. The van der Waals surface area contributed by atoms with Crippen LogP contribution in [-0.4, -0.2) is 21.5 Å². The van der Waals surface area contributed by atoms with Gasteiger partial charge in [0, 0.05) is 17.6 Å². The van der Waals surface area contributed by atoms with E-state index in [1.807, 2.05) is 0 Å². The van der Waals surface area contributed by atoms with Crippen LogP contribution >= 0.6 is 15.9 Å². The number of benzene rings is 1. The average Bonchev–Trinajstić information content (AvgIpc) is 2.14. The minimum absolute atomic E-state index is 0.0812. The summed E-state index contributed by atoms with van der Waals surface area (Å²) in [7, 11) is -3.80. The van der Waals surface area contributed by atoms with Gasteiger partial charge in [0.15, 0.2) is 0 Å². The van der Waals surface area contributed by atoms with Crippen LogP contribution in [0.1, 0.15) is 0 Å². The van der Waals surface area contributed by atoms with E-state index in [2.05, 4.69) is 20.7 Å². The van der Waals surface area contributed by atoms with E-state index >= 15 is 0 Å². The van der Waals surface area contributed by atoms with Crippen LogP contribution in [0.15, 0.2) is 27.6 Å². The normalized spacial score (nSPS) is 11.7. The van der Waals surface area contributed by atoms with E-state index in [0.717, 1.165) is 6.07 Å². The van der Waals surface area contributed by atoms with Crippen LogP contribution in [0.4, 0.5) is 4.39 Å². The highest BCUT2D eigenvalue weighted by Crippen LogP contribution is 2.18. The van der Waals surface area contributed by atoms with E-state index in [-0.39, 0.29) is 18.0 Å². The third-order valence-electron chi connectivity index (χ3n) is 1.62. The molecule has 15 heavy (non-hydrogen) atoms. The summed E-state index contributed by atoms with van der Waals surface area (Å²) in [4.78, 5) is -0.376. The molecule has 0 aliphatic rings. The van der Waals surface area contributed by atoms with Crippen molar-refractivity contribution in [1.29, 1.82) is 0 Å². The van der Waals surface area contributed by atoms with Gasteiger partial charge in [0.1, 0.15) is 10.7 Å². The molecule has 0 aliphatic heterocycles. The first-order valence-electron chi connectivity index (χ1n) is 4.12. The second-order valence-electron chi connectivity index (χ2n) is 2.76. The number of sulfonamides is 1. The molecule has 0 spiro atoms. The molecule has 0 atom stereocenters. The molecule has 0 heterocycles. The van der Waals surface area contributed by atoms with Crippen molar-refractivity contribution >= 4 is 26.0 Å². The fourth-order valence-corrected chi connectivity index (χ4v) is 2.40. The summed E-state index contributed by atoms with van der Waals surface area (Å²) in [6.07, 6.45) is 0. The molecule has 1 rings (SSSR count). The molecule has 0 fully saturated rings. The minimum Gasteiger partial charge on any atom is -0.329 e. The van der Waals surface area contributed by atoms with E-state index in [1.165, 1.54) is 12.1 Å². The summed E-state index contributed by atoms with van der Waals surface area (Å²) in [5.41, 5.74) is 5.15. The summed E-state index contributed by atoms with van der Waals surface area (Å²) >= 11 is 3.04. The molecular formula is C8H10BrFN2O2S. The lowest BCUT2D eigenvalue weighted by Gasteiger charge is -2.06. The van der Waals surface area contributed by atoms with Crippen molar-refractivity contribution < 1.29 is 12.8 Å². The molecule has 0 aliphatic carbocycles. The van der Waals surface area contributed by atoms with Gasteiger partial charge >= 0.3 is 0 Å². The summed E-state index contributed by atoms with van der Waals surface area (Å²) < 4.78 is 39.0. The molecule has 0 radical (unpaired) electrons. The van der Waals surface area contributed by atoms with Crippen molar-refractivity contribution in [3.05, 3.63) is 28.5 Å². The van der Waals surface area contributed by atoms with Gasteiger partial charge in [-0.15, -0.1) is 0 Å². The Kier molecular flexibility index (Phi) is 4.21. The first-order chi connectivity index (χ1) is 6.97. The van der Waals surface area contributed by atoms with Gasteiger partial charge in [0.25, 0.3) is 0 Å². The third-order valence-corrected chi connectivity index (χ3v) is 3.61. The molecule has 1 aromatic rings. The lowest BCUT2D eigenvalue weighted by molar-refractivity contribution is 0.557. The van der Waals surface area contributed by atoms with Crippen molar-refractivity contribution in [2.24, 2.45) is 5.73 Å².